The summed E-state index contributed by atoms with van der Waals surface area (Å²) in [6.45, 7) is -0.496. The number of hydrogen-bond acceptors (Lipinski definition) is 5. The van der Waals surface area contributed by atoms with Gasteiger partial charge in [-0.15, -0.1) is 0 Å². The van der Waals surface area contributed by atoms with Gasteiger partial charge in [-0.2, -0.15) is 5.10 Å². The Morgan fingerprint density at radius 3 is 2.10 bits per heavy atom. The average molecular weight is 652 g/mol. The SMILES string of the molecule is N=Cc1nn(-c2c(Cl)cc(S(F)(F)(F)(F)F)cc2Cl)c(NC(=O)OCc2ccc(F)cc2)c1C1(C(N)=O)CC1(F)F. The lowest BCUT2D eigenvalue weighted by Crippen LogP contribution is -2.35. The van der Waals surface area contributed by atoms with Gasteiger partial charge in [-0.05, 0) is 29.8 Å². The highest BCUT2D eigenvalue weighted by molar-refractivity contribution is 8.45. The van der Waals surface area contributed by atoms with Crippen LogP contribution in [0.2, 0.25) is 10.0 Å². The molecule has 1 aromatic heterocycles. The molecule has 1 fully saturated rings. The van der Waals surface area contributed by atoms with E-state index < -0.39 is 90.1 Å². The minimum atomic E-state index is -10.3. The highest BCUT2D eigenvalue weighted by Gasteiger charge is 2.78. The number of amides is 2. The summed E-state index contributed by atoms with van der Waals surface area (Å²) < 4.78 is 115. The van der Waals surface area contributed by atoms with Gasteiger partial charge in [-0.1, -0.05) is 54.8 Å². The molecule has 4 rings (SSSR count). The number of nitrogens with zero attached hydrogens (tertiary/aromatic N) is 2. The van der Waals surface area contributed by atoms with Crippen LogP contribution in [0.5, 0.6) is 0 Å². The molecule has 0 spiro atoms. The number of benzene rings is 2. The summed E-state index contributed by atoms with van der Waals surface area (Å²) in [5, 5.41) is 11.2. The first-order valence-electron chi connectivity index (χ1n) is 10.8. The van der Waals surface area contributed by atoms with Crippen LogP contribution < -0.4 is 11.1 Å². The Balaban J connectivity index is 1.89. The van der Waals surface area contributed by atoms with Gasteiger partial charge in [0.2, 0.25) is 5.91 Å². The van der Waals surface area contributed by atoms with Gasteiger partial charge in [-0.3, -0.25) is 10.1 Å². The van der Waals surface area contributed by atoms with Crippen molar-refractivity contribution in [3.63, 3.8) is 0 Å². The van der Waals surface area contributed by atoms with Gasteiger partial charge in [-0.25, -0.2) is 22.6 Å². The molecule has 1 saturated carbocycles. The Hall–Kier alpha value is -3.57. The number of hydrogen-bond donors (Lipinski definition) is 3. The number of carbonyl (C=O) groups is 2. The molecule has 0 aliphatic heterocycles. The predicted octanol–water partition coefficient (Wildman–Crippen LogP) is 7.48. The van der Waals surface area contributed by atoms with Gasteiger partial charge < -0.3 is 15.9 Å². The van der Waals surface area contributed by atoms with Crippen molar-refractivity contribution in [1.82, 2.24) is 9.78 Å². The number of primary amides is 1. The van der Waals surface area contributed by atoms with Crippen LogP contribution in [0, 0.1) is 11.2 Å². The van der Waals surface area contributed by atoms with Gasteiger partial charge in [0.1, 0.15) is 39.9 Å². The van der Waals surface area contributed by atoms with Gasteiger partial charge in [0.15, 0.2) is 0 Å². The molecular weight excluding hydrogens is 637 g/mol. The zero-order valence-electron chi connectivity index (χ0n) is 19.8. The minimum absolute atomic E-state index is 0.192. The van der Waals surface area contributed by atoms with Crippen molar-refractivity contribution >= 4 is 57.5 Å². The van der Waals surface area contributed by atoms with Crippen molar-refractivity contribution in [3.05, 3.63) is 69.1 Å². The van der Waals surface area contributed by atoms with Crippen LogP contribution >= 0.6 is 33.4 Å². The topological polar surface area (TPSA) is 123 Å². The number of aromatic nitrogens is 2. The highest BCUT2D eigenvalue weighted by Crippen LogP contribution is 3.02. The van der Waals surface area contributed by atoms with Gasteiger partial charge in [0.05, 0.1) is 10.0 Å². The van der Waals surface area contributed by atoms with Crippen molar-refractivity contribution in [2.45, 2.75) is 29.3 Å². The maximum absolute atomic E-state index is 14.6. The standard InChI is InChI=1S/C22H15Cl2F8N5O3S/c23-13-5-12(41(28,29,30,31)32)6-14(24)17(13)37-18(35-20(39)40-8-10-1-3-11(25)4-2-10)16(15(7-33)36-37)21(19(34)38)9-22(21,26)27/h1-7,33H,8-9H2,(H2,34,38)(H,35,39). The lowest BCUT2D eigenvalue weighted by molar-refractivity contribution is -0.123. The van der Waals surface area contributed by atoms with Crippen molar-refractivity contribution in [3.8, 4) is 5.69 Å². The summed E-state index contributed by atoms with van der Waals surface area (Å²) in [5.41, 5.74) is 0.302. The van der Waals surface area contributed by atoms with E-state index in [1.54, 1.807) is 0 Å². The maximum Gasteiger partial charge on any atom is 0.413 e. The summed E-state index contributed by atoms with van der Waals surface area (Å²) >= 11 is 11.8. The van der Waals surface area contributed by atoms with Crippen LogP contribution in [0.25, 0.3) is 5.69 Å². The second kappa shape index (κ2) is 8.96. The number of rotatable bonds is 8. The van der Waals surface area contributed by atoms with E-state index in [2.05, 4.69) is 5.10 Å². The number of carbonyl (C=O) groups excluding carboxylic acids is 2. The van der Waals surface area contributed by atoms with E-state index in [9.17, 15) is 42.2 Å². The quantitative estimate of drug-likeness (QED) is 0.173. The zero-order valence-corrected chi connectivity index (χ0v) is 22.2. The van der Waals surface area contributed by atoms with Crippen molar-refractivity contribution in [1.29, 1.82) is 5.41 Å². The van der Waals surface area contributed by atoms with E-state index in [-0.39, 0.29) is 17.7 Å². The number of nitrogens with two attached hydrogens (primary N) is 1. The fourth-order valence-electron chi connectivity index (χ4n) is 4.01. The third kappa shape index (κ3) is 5.52. The van der Waals surface area contributed by atoms with Gasteiger partial charge >= 0.3 is 16.3 Å². The van der Waals surface area contributed by atoms with E-state index in [1.807, 2.05) is 5.32 Å². The molecule has 0 radical (unpaired) electrons. The second-order valence-corrected chi connectivity index (χ2v) is 12.1. The number of anilines is 1. The molecule has 1 aliphatic rings. The third-order valence-corrected chi connectivity index (χ3v) is 7.74. The van der Waals surface area contributed by atoms with E-state index >= 15 is 0 Å². The van der Waals surface area contributed by atoms with Crippen molar-refractivity contribution < 1.29 is 46.9 Å². The molecule has 0 bridgehead atoms. The molecule has 2 aromatic carbocycles. The summed E-state index contributed by atoms with van der Waals surface area (Å²) in [4.78, 5) is 22.4. The zero-order chi connectivity index (χ0) is 30.8. The van der Waals surface area contributed by atoms with Crippen LogP contribution in [0.3, 0.4) is 0 Å². The summed E-state index contributed by atoms with van der Waals surface area (Å²) in [6, 6.07) is 4.21. The second-order valence-electron chi connectivity index (χ2n) is 8.85. The molecular formula is C22H15Cl2F8N5O3S. The average Bonchev–Trinajstić information content (AvgIpc) is 3.25. The lowest BCUT2D eigenvalue weighted by atomic mass is 9.93. The first-order valence-corrected chi connectivity index (χ1v) is 13.6. The molecule has 2 amide bonds. The van der Waals surface area contributed by atoms with E-state index in [4.69, 9.17) is 39.1 Å². The molecule has 222 valence electrons. The van der Waals surface area contributed by atoms with Crippen molar-refractivity contribution in [2.24, 2.45) is 5.73 Å². The number of ether oxygens (including phenoxy) is 1. The van der Waals surface area contributed by atoms with Crippen LogP contribution in [0.1, 0.15) is 23.2 Å². The summed E-state index contributed by atoms with van der Waals surface area (Å²) in [6.07, 6.45) is -2.25. The van der Waals surface area contributed by atoms with E-state index in [0.717, 1.165) is 12.1 Å². The predicted molar refractivity (Wildman–Crippen MR) is 134 cm³/mol. The number of halogens is 10. The van der Waals surface area contributed by atoms with Crippen molar-refractivity contribution in [2.75, 3.05) is 5.32 Å². The monoisotopic (exact) mass is 651 g/mol. The molecule has 0 saturated heterocycles. The third-order valence-electron chi connectivity index (χ3n) is 6.03. The molecule has 1 heterocycles. The Morgan fingerprint density at radius 1 is 1.12 bits per heavy atom. The van der Waals surface area contributed by atoms with Gasteiger partial charge in [0, 0.05) is 18.2 Å². The maximum atomic E-state index is 14.6. The molecule has 4 N–H and O–H groups in total. The van der Waals surface area contributed by atoms with Crippen LogP contribution in [-0.2, 0) is 21.6 Å². The normalized spacial score (nSPS) is 19.6. The largest absolute Gasteiger partial charge is 0.444 e. The molecule has 1 aliphatic carbocycles. The number of alkyl halides is 2. The highest BCUT2D eigenvalue weighted by atomic mass is 35.5. The molecule has 41 heavy (non-hydrogen) atoms. The van der Waals surface area contributed by atoms with E-state index in [1.165, 1.54) is 12.1 Å². The number of nitrogens with one attached hydrogen (secondary N) is 2. The van der Waals surface area contributed by atoms with Crippen LogP contribution in [0.4, 0.5) is 43.2 Å². The van der Waals surface area contributed by atoms with Gasteiger partial charge in [0.25, 0.3) is 5.92 Å². The first-order chi connectivity index (χ1) is 18.6. The first kappa shape index (κ1) is 30.4. The molecule has 19 heteroatoms. The van der Waals surface area contributed by atoms with E-state index in [0.29, 0.717) is 10.9 Å². The lowest BCUT2D eigenvalue weighted by Gasteiger charge is -2.40. The molecule has 1 atom stereocenters. The summed E-state index contributed by atoms with van der Waals surface area (Å²) in [5.74, 6) is -6.91. The molecule has 8 nitrogen and oxygen atoms in total. The fraction of sp³-hybridized carbons (Fsp3) is 0.182. The molecule has 1 unspecified atom stereocenters. The Kier molecular flexibility index (Phi) is 6.64. The smallest absolute Gasteiger partial charge is 0.413 e. The fourth-order valence-corrected chi connectivity index (χ4v) is 5.47. The Morgan fingerprint density at radius 2 is 1.66 bits per heavy atom. The van der Waals surface area contributed by atoms with Crippen LogP contribution in [0.15, 0.2) is 41.3 Å². The molecule has 3 aromatic rings. The Labute approximate surface area is 234 Å². The minimum Gasteiger partial charge on any atom is -0.444 e. The summed E-state index contributed by atoms with van der Waals surface area (Å²) in [7, 11) is -10.3. The Bertz CT molecular complexity index is 1590. The van der Waals surface area contributed by atoms with Crippen LogP contribution in [-0.4, -0.2) is 33.9 Å².